The van der Waals surface area contributed by atoms with Gasteiger partial charge in [-0.1, -0.05) is 19.9 Å². The summed E-state index contributed by atoms with van der Waals surface area (Å²) in [6, 6.07) is 13.3. The van der Waals surface area contributed by atoms with Gasteiger partial charge in [0.05, 0.1) is 5.56 Å². The van der Waals surface area contributed by atoms with Gasteiger partial charge in [-0.3, -0.25) is 9.36 Å². The van der Waals surface area contributed by atoms with Gasteiger partial charge in [-0.05, 0) is 91.1 Å². The van der Waals surface area contributed by atoms with Gasteiger partial charge in [-0.15, -0.1) is 0 Å². The van der Waals surface area contributed by atoms with E-state index in [0.29, 0.717) is 12.2 Å². The monoisotopic (exact) mass is 474 g/mol. The highest BCUT2D eigenvalue weighted by atomic mass is 31.2. The fourth-order valence-corrected chi connectivity index (χ4v) is 3.63. The molecule has 0 bridgehead atoms. The van der Waals surface area contributed by atoms with E-state index in [-0.39, 0.29) is 16.9 Å². The van der Waals surface area contributed by atoms with E-state index in [9.17, 15) is 18.9 Å². The predicted octanol–water partition coefficient (Wildman–Crippen LogP) is 5.51. The number of hydrogen-bond donors (Lipinski definition) is 3. The van der Waals surface area contributed by atoms with Gasteiger partial charge >= 0.3 is 7.60 Å². The number of halogens is 1. The minimum atomic E-state index is -4.27. The number of carbonyl (C=O) groups is 1. The summed E-state index contributed by atoms with van der Waals surface area (Å²) in [5, 5.41) is 10.2. The normalized spacial score (nSPS) is 10.9. The minimum absolute atomic E-state index is 0.126. The molecule has 0 radical (unpaired) electrons. The Morgan fingerprint density at radius 1 is 0.970 bits per heavy atom. The van der Waals surface area contributed by atoms with Crippen LogP contribution in [-0.4, -0.2) is 27.0 Å². The molecule has 0 aliphatic carbocycles. The maximum absolute atomic E-state index is 13.1. The average molecular weight is 474 g/mol. The zero-order valence-electron chi connectivity index (χ0n) is 19.0. The van der Waals surface area contributed by atoms with Gasteiger partial charge in [-0.2, -0.15) is 0 Å². The molecule has 0 heterocycles. The van der Waals surface area contributed by atoms with Gasteiger partial charge < -0.3 is 19.6 Å². The summed E-state index contributed by atoms with van der Waals surface area (Å²) in [5.74, 6) is -0.657. The van der Waals surface area contributed by atoms with Gasteiger partial charge in [0.25, 0.3) is 0 Å². The Morgan fingerprint density at radius 2 is 1.55 bits per heavy atom. The largest absolute Gasteiger partial charge is 0.507 e. The Kier molecular flexibility index (Phi) is 8.94. The summed E-state index contributed by atoms with van der Waals surface area (Å²) in [4.78, 5) is 30.7. The molecule has 176 valence electrons. The van der Waals surface area contributed by atoms with Crippen LogP contribution in [-0.2, 0) is 11.0 Å². The number of carbonyl (C=O) groups excluding carboxylic acids is 1. The number of ether oxygens (including phenoxy) is 1. The quantitative estimate of drug-likeness (QED) is 0.308. The third-order valence-corrected chi connectivity index (χ3v) is 5.33. The molecule has 3 rings (SSSR count). The zero-order chi connectivity index (χ0) is 24.8. The number of benzene rings is 3. The van der Waals surface area contributed by atoms with Crippen LogP contribution in [0.15, 0.2) is 54.6 Å². The number of hydrogen-bond acceptors (Lipinski definition) is 4. The fourth-order valence-electron chi connectivity index (χ4n) is 3.31. The second-order valence-electron chi connectivity index (χ2n) is 7.34. The number of ketones is 1. The van der Waals surface area contributed by atoms with E-state index in [1.807, 2.05) is 27.7 Å². The highest BCUT2D eigenvalue weighted by Gasteiger charge is 2.17. The van der Waals surface area contributed by atoms with Crippen molar-refractivity contribution in [2.45, 2.75) is 34.1 Å². The van der Waals surface area contributed by atoms with Crippen molar-refractivity contribution in [2.75, 3.05) is 6.35 Å². The molecule has 0 unspecified atom stereocenters. The molecule has 6 nitrogen and oxygen atoms in total. The van der Waals surface area contributed by atoms with Crippen LogP contribution in [0.2, 0.25) is 0 Å². The Labute approximate surface area is 192 Å². The second-order valence-corrected chi connectivity index (χ2v) is 8.93. The zero-order valence-corrected chi connectivity index (χ0v) is 19.9. The van der Waals surface area contributed by atoms with Crippen molar-refractivity contribution in [1.29, 1.82) is 0 Å². The molecule has 0 aliphatic rings. The molecular formula is C25H28FO6P. The summed E-state index contributed by atoms with van der Waals surface area (Å²) in [6.07, 6.45) is -0.224. The van der Waals surface area contributed by atoms with Crippen molar-refractivity contribution < 1.29 is 33.4 Å². The molecule has 0 aromatic heterocycles. The molecular weight excluding hydrogens is 446 g/mol. The lowest BCUT2D eigenvalue weighted by Gasteiger charge is -2.15. The van der Waals surface area contributed by atoms with E-state index in [2.05, 4.69) is 0 Å². The van der Waals surface area contributed by atoms with Crippen molar-refractivity contribution in [3.05, 3.63) is 93.8 Å². The maximum Gasteiger partial charge on any atom is 0.362 e. The first-order valence-electron chi connectivity index (χ1n) is 10.4. The topological polar surface area (TPSA) is 104 Å². The number of phenols is 1. The van der Waals surface area contributed by atoms with Crippen molar-refractivity contribution in [3.8, 4) is 11.5 Å². The standard InChI is InChI=1S/C23H22FO6P.C2H6/c1-14-9-19(30-13-31(27,28)29)10-15(2)20(14)11-16-3-8-22(25)21(12-16)23(26)17-4-6-18(24)7-5-17;1-2/h3-10,12,25H,11,13H2,1-2H3,(H2,27,28,29);1-2H3. The van der Waals surface area contributed by atoms with Gasteiger partial charge in [0, 0.05) is 5.56 Å². The van der Waals surface area contributed by atoms with Crippen LogP contribution in [0.25, 0.3) is 0 Å². The molecule has 0 spiro atoms. The first kappa shape index (κ1) is 26.3. The van der Waals surface area contributed by atoms with E-state index >= 15 is 0 Å². The Hall–Kier alpha value is -2.99. The van der Waals surface area contributed by atoms with Crippen LogP contribution in [0, 0.1) is 19.7 Å². The molecule has 0 amide bonds. The molecule has 0 aliphatic heterocycles. The lowest BCUT2D eigenvalue weighted by Crippen LogP contribution is -2.04. The van der Waals surface area contributed by atoms with E-state index in [1.54, 1.807) is 24.3 Å². The Morgan fingerprint density at radius 3 is 2.09 bits per heavy atom. The van der Waals surface area contributed by atoms with E-state index in [4.69, 9.17) is 14.5 Å². The van der Waals surface area contributed by atoms with E-state index in [0.717, 1.165) is 22.3 Å². The van der Waals surface area contributed by atoms with Crippen molar-refractivity contribution >= 4 is 13.4 Å². The molecule has 33 heavy (non-hydrogen) atoms. The summed E-state index contributed by atoms with van der Waals surface area (Å²) in [5.41, 5.74) is 3.88. The summed E-state index contributed by atoms with van der Waals surface area (Å²) >= 11 is 0. The smallest absolute Gasteiger partial charge is 0.362 e. The number of aryl methyl sites for hydroxylation is 2. The molecule has 0 atom stereocenters. The first-order valence-corrected chi connectivity index (χ1v) is 12.2. The van der Waals surface area contributed by atoms with Gasteiger partial charge in [-0.25, -0.2) is 4.39 Å². The molecule has 3 aromatic rings. The molecule has 0 saturated heterocycles. The number of aromatic hydroxyl groups is 1. The van der Waals surface area contributed by atoms with E-state index in [1.165, 1.54) is 30.3 Å². The lowest BCUT2D eigenvalue weighted by molar-refractivity contribution is 0.103. The van der Waals surface area contributed by atoms with E-state index < -0.39 is 25.5 Å². The van der Waals surface area contributed by atoms with Gasteiger partial charge in [0.2, 0.25) is 0 Å². The SMILES string of the molecule is CC.Cc1cc(OCP(=O)(O)O)cc(C)c1Cc1ccc(O)c(C(=O)c2ccc(F)cc2)c1. The minimum Gasteiger partial charge on any atom is -0.507 e. The molecule has 8 heteroatoms. The van der Waals surface area contributed by atoms with Crippen LogP contribution in [0.5, 0.6) is 11.5 Å². The summed E-state index contributed by atoms with van der Waals surface area (Å²) < 4.78 is 29.4. The number of phenolic OH excluding ortho intramolecular Hbond substituents is 1. The number of rotatable bonds is 7. The summed E-state index contributed by atoms with van der Waals surface area (Å²) in [7, 11) is -4.27. The molecule has 3 aromatic carbocycles. The predicted molar refractivity (Wildman–Crippen MR) is 126 cm³/mol. The lowest BCUT2D eigenvalue weighted by atomic mass is 9.93. The van der Waals surface area contributed by atoms with Crippen LogP contribution >= 0.6 is 7.60 Å². The highest BCUT2D eigenvalue weighted by Crippen LogP contribution is 2.35. The summed E-state index contributed by atoms with van der Waals surface area (Å²) in [6.45, 7) is 7.72. The van der Waals surface area contributed by atoms with Crippen molar-refractivity contribution in [3.63, 3.8) is 0 Å². The van der Waals surface area contributed by atoms with Gasteiger partial charge in [0.1, 0.15) is 17.3 Å². The van der Waals surface area contributed by atoms with Crippen LogP contribution < -0.4 is 4.74 Å². The van der Waals surface area contributed by atoms with Crippen molar-refractivity contribution in [1.82, 2.24) is 0 Å². The first-order chi connectivity index (χ1) is 15.5. The Bertz CT molecular complexity index is 1150. The third kappa shape index (κ3) is 7.26. The second kappa shape index (κ2) is 11.2. The molecule has 0 fully saturated rings. The fraction of sp³-hybridized carbons (Fsp3) is 0.240. The van der Waals surface area contributed by atoms with Crippen LogP contribution in [0.4, 0.5) is 4.39 Å². The van der Waals surface area contributed by atoms with Crippen molar-refractivity contribution in [2.24, 2.45) is 0 Å². The van der Waals surface area contributed by atoms with Crippen LogP contribution in [0.1, 0.15) is 52.0 Å². The average Bonchev–Trinajstić information content (AvgIpc) is 2.77. The van der Waals surface area contributed by atoms with Crippen LogP contribution in [0.3, 0.4) is 0 Å². The Balaban J connectivity index is 0.00000187. The van der Waals surface area contributed by atoms with Gasteiger partial charge in [0.15, 0.2) is 12.1 Å². The molecule has 3 N–H and O–H groups in total. The maximum atomic E-state index is 13.1. The molecule has 0 saturated carbocycles. The third-order valence-electron chi connectivity index (χ3n) is 4.86. The highest BCUT2D eigenvalue weighted by molar-refractivity contribution is 7.51.